The maximum absolute atomic E-state index is 16.5. The van der Waals surface area contributed by atoms with Crippen molar-refractivity contribution >= 4 is 79.0 Å². The molecular weight excluding hydrogens is 963 g/mol. The Morgan fingerprint density at radius 2 is 0.863 bits per heavy atom. The summed E-state index contributed by atoms with van der Waals surface area (Å²) in [6.45, 7) is 10.2. The van der Waals surface area contributed by atoms with E-state index < -0.39 is 11.7 Å². The highest BCUT2D eigenvalue weighted by molar-refractivity contribution is 7.20. The molecule has 0 saturated heterocycles. The van der Waals surface area contributed by atoms with Crippen LogP contribution >= 0.6 is 34.0 Å². The lowest BCUT2D eigenvalue weighted by atomic mass is 9.93. The topological polar surface area (TPSA) is 40.6 Å². The lowest BCUT2D eigenvalue weighted by Gasteiger charge is -2.29. The number of nitrogens with zero attached hydrogens (tertiary/aromatic N) is 2. The Balaban J connectivity index is 1.34. The average Bonchev–Trinajstić information content (AvgIpc) is 4.26. The van der Waals surface area contributed by atoms with Gasteiger partial charge in [0, 0.05) is 17.8 Å². The fourth-order valence-corrected chi connectivity index (χ4v) is 14.1. The molecule has 6 rings (SSSR count). The van der Waals surface area contributed by atoms with Crippen molar-refractivity contribution < 1.29 is 18.4 Å². The zero-order chi connectivity index (χ0) is 51.6. The minimum Gasteiger partial charge on any atom is -0.306 e. The molecular formula is C64H92F2N2O2S3. The van der Waals surface area contributed by atoms with E-state index in [0.29, 0.717) is 40.7 Å². The molecule has 2 unspecified atom stereocenters. The van der Waals surface area contributed by atoms with Crippen molar-refractivity contribution in [2.24, 2.45) is 11.8 Å². The molecule has 0 aliphatic carbocycles. The van der Waals surface area contributed by atoms with Gasteiger partial charge < -0.3 is 9.80 Å². The van der Waals surface area contributed by atoms with Crippen molar-refractivity contribution in [1.82, 2.24) is 9.80 Å². The first-order valence-corrected chi connectivity index (χ1v) is 32.1. The lowest BCUT2D eigenvalue weighted by Crippen LogP contribution is -2.34. The van der Waals surface area contributed by atoms with Crippen LogP contribution < -0.4 is 0 Å². The van der Waals surface area contributed by atoms with Crippen LogP contribution in [0.5, 0.6) is 0 Å². The third-order valence-corrected chi connectivity index (χ3v) is 18.6. The number of halogens is 2. The molecule has 2 atom stereocenters. The average molecular weight is 1060 g/mol. The van der Waals surface area contributed by atoms with Crippen molar-refractivity contribution in [2.45, 2.75) is 233 Å². The quantitative estimate of drug-likeness (QED) is 0.0417. The normalized spacial score (nSPS) is 15.2. The van der Waals surface area contributed by atoms with E-state index in [1.807, 2.05) is 51.6 Å². The van der Waals surface area contributed by atoms with Gasteiger partial charge in [0.1, 0.15) is 0 Å². The van der Waals surface area contributed by atoms with E-state index in [2.05, 4.69) is 33.8 Å². The number of unbranched alkanes of at least 4 members (excludes halogenated alkanes) is 24. The minimum atomic E-state index is -0.909. The minimum absolute atomic E-state index is 0.119. The molecule has 0 spiro atoms. The molecule has 402 valence electrons. The van der Waals surface area contributed by atoms with Crippen LogP contribution in [-0.2, 0) is 9.59 Å². The molecule has 0 bridgehead atoms. The van der Waals surface area contributed by atoms with Gasteiger partial charge >= 0.3 is 0 Å². The number of carbonyl (C=O) groups is 2. The molecule has 0 fully saturated rings. The third-order valence-electron chi connectivity index (χ3n) is 15.6. The monoisotopic (exact) mass is 1050 g/mol. The van der Waals surface area contributed by atoms with Crippen molar-refractivity contribution in [3.63, 3.8) is 0 Å². The van der Waals surface area contributed by atoms with Crippen molar-refractivity contribution in [2.75, 3.05) is 13.1 Å². The van der Waals surface area contributed by atoms with Crippen molar-refractivity contribution in [3.05, 3.63) is 90.6 Å². The highest BCUT2D eigenvalue weighted by Gasteiger charge is 2.50. The van der Waals surface area contributed by atoms with E-state index in [4.69, 9.17) is 0 Å². The molecule has 2 aliphatic heterocycles. The van der Waals surface area contributed by atoms with Gasteiger partial charge in [0.2, 0.25) is 0 Å². The smallest absolute Gasteiger partial charge is 0.261 e. The van der Waals surface area contributed by atoms with Gasteiger partial charge in [0.25, 0.3) is 11.8 Å². The van der Waals surface area contributed by atoms with Crippen LogP contribution in [0.25, 0.3) is 33.1 Å². The number of hydrogen-bond acceptors (Lipinski definition) is 5. The summed E-state index contributed by atoms with van der Waals surface area (Å²) in [6.07, 6.45) is 38.9. The molecule has 0 N–H and O–H groups in total. The number of amides is 2. The highest BCUT2D eigenvalue weighted by Crippen LogP contribution is 2.50. The van der Waals surface area contributed by atoms with E-state index in [9.17, 15) is 0 Å². The van der Waals surface area contributed by atoms with Gasteiger partial charge in [-0.25, -0.2) is 8.78 Å². The number of hydrogen-bond donors (Lipinski definition) is 0. The first kappa shape index (κ1) is 58.9. The van der Waals surface area contributed by atoms with Crippen LogP contribution in [-0.4, -0.2) is 34.7 Å². The van der Waals surface area contributed by atoms with Gasteiger partial charge in [-0.1, -0.05) is 232 Å². The van der Waals surface area contributed by atoms with Crippen LogP contribution in [0.15, 0.2) is 71.1 Å². The molecule has 1 aromatic carbocycles. The highest BCUT2D eigenvalue weighted by atomic mass is 32.1. The lowest BCUT2D eigenvalue weighted by molar-refractivity contribution is -0.124. The van der Waals surface area contributed by atoms with Gasteiger partial charge in [-0.2, -0.15) is 0 Å². The predicted molar refractivity (Wildman–Crippen MR) is 314 cm³/mol. The second kappa shape index (κ2) is 32.9. The number of thiophene rings is 3. The van der Waals surface area contributed by atoms with Gasteiger partial charge in [0.05, 0.1) is 42.0 Å². The largest absolute Gasteiger partial charge is 0.306 e. The maximum Gasteiger partial charge on any atom is 0.261 e. The summed E-state index contributed by atoms with van der Waals surface area (Å²) in [5.41, 5.74) is 2.29. The van der Waals surface area contributed by atoms with Crippen molar-refractivity contribution in [1.29, 1.82) is 0 Å². The molecule has 2 amide bonds. The van der Waals surface area contributed by atoms with Crippen LogP contribution in [0.3, 0.4) is 0 Å². The first-order valence-electron chi connectivity index (χ1n) is 29.6. The Bertz CT molecular complexity index is 2300. The van der Waals surface area contributed by atoms with Gasteiger partial charge in [-0.3, -0.25) is 9.59 Å². The standard InChI is InChI=1S/C64H92F2N2O2S3/c1-5-9-13-17-21-23-27-31-38-49(36-29-25-19-15-11-7-3)47-67-61(54-42-35-45-71-54)57-58(64(67)70)62(55-44-43-53(73-55)59(65)60(66)56-46-51-40-33-34-41-52(51)72-56)68(63(57)69)48-50(37-30-26-20-16-12-8-4)39-32-28-24-22-18-14-10-6-2/h33-35,40-46,49-50H,5-32,36-39,47-48H2,1-4H3/b60-59+. The number of rotatable bonds is 40. The summed E-state index contributed by atoms with van der Waals surface area (Å²) in [7, 11) is 0. The summed E-state index contributed by atoms with van der Waals surface area (Å²) in [4.78, 5) is 37.1. The molecule has 2 aliphatic rings. The molecule has 4 nitrogen and oxygen atoms in total. The second-order valence-corrected chi connectivity index (χ2v) is 24.7. The maximum atomic E-state index is 16.5. The molecule has 5 heterocycles. The van der Waals surface area contributed by atoms with E-state index >= 15 is 18.4 Å². The van der Waals surface area contributed by atoms with E-state index in [1.165, 1.54) is 165 Å². The van der Waals surface area contributed by atoms with Crippen LogP contribution in [0.1, 0.15) is 253 Å². The Morgan fingerprint density at radius 3 is 1.29 bits per heavy atom. The third kappa shape index (κ3) is 17.6. The Morgan fingerprint density at radius 1 is 0.452 bits per heavy atom. The summed E-state index contributed by atoms with van der Waals surface area (Å²) in [5, 5.41) is 2.93. The van der Waals surface area contributed by atoms with Gasteiger partial charge in [-0.05, 0) is 78.6 Å². The fraction of sp³-hybridized carbons (Fsp3) is 0.625. The Kier molecular flexibility index (Phi) is 26.5. The molecule has 73 heavy (non-hydrogen) atoms. The summed E-state index contributed by atoms with van der Waals surface area (Å²) in [5.74, 6) is -1.45. The Labute approximate surface area is 453 Å². The zero-order valence-corrected chi connectivity index (χ0v) is 48.1. The summed E-state index contributed by atoms with van der Waals surface area (Å²) >= 11 is 3.99. The molecule has 3 aromatic heterocycles. The van der Waals surface area contributed by atoms with Gasteiger partial charge in [0.15, 0.2) is 11.7 Å². The van der Waals surface area contributed by atoms with Crippen LogP contribution in [0, 0.1) is 11.8 Å². The zero-order valence-electron chi connectivity index (χ0n) is 45.7. The van der Waals surface area contributed by atoms with Crippen molar-refractivity contribution in [3.8, 4) is 0 Å². The summed E-state index contributed by atoms with van der Waals surface area (Å²) in [6, 6.07) is 16.9. The molecule has 0 radical (unpaired) electrons. The predicted octanol–water partition coefficient (Wildman–Crippen LogP) is 21.4. The van der Waals surface area contributed by atoms with Crippen LogP contribution in [0.4, 0.5) is 8.78 Å². The molecule has 4 aromatic rings. The molecule has 0 saturated carbocycles. The van der Waals surface area contributed by atoms with E-state index in [0.717, 1.165) is 83.4 Å². The first-order chi connectivity index (χ1) is 35.8. The number of carbonyl (C=O) groups excluding carboxylic acids is 2. The van der Waals surface area contributed by atoms with Gasteiger partial charge in [-0.15, -0.1) is 34.0 Å². The van der Waals surface area contributed by atoms with E-state index in [1.54, 1.807) is 23.5 Å². The second-order valence-electron chi connectivity index (χ2n) is 21.6. The fourth-order valence-electron chi connectivity index (χ4n) is 11.3. The summed E-state index contributed by atoms with van der Waals surface area (Å²) < 4.78 is 33.6. The van der Waals surface area contributed by atoms with E-state index in [-0.39, 0.29) is 27.5 Å². The number of benzene rings is 1. The SMILES string of the molecule is CCCCCCCCCCC(CCCCCCCC)CN1C(=O)C2=C(c3ccc(/C(F)=C(\F)c4cc5ccccc5s4)s3)N(CC(CCCCCCCC)CCCCCCCCCC)C(=O)C2=C1c1cccs1. The molecule has 9 heteroatoms. The Hall–Kier alpha value is -3.40. The number of fused-ring (bicyclic) bond motifs is 2. The van der Waals surface area contributed by atoms with Crippen LogP contribution in [0.2, 0.25) is 0 Å².